The molecule has 0 radical (unpaired) electrons. The Bertz CT molecular complexity index is 633. The smallest absolute Gasteiger partial charge is 0.308 e. The molecule has 26 heavy (non-hydrogen) atoms. The minimum Gasteiger partial charge on any atom is -0.466 e. The molecule has 0 saturated heterocycles. The quantitative estimate of drug-likeness (QED) is 0.384. The summed E-state index contributed by atoms with van der Waals surface area (Å²) in [5.74, 6) is 0.706. The van der Waals surface area contributed by atoms with E-state index in [9.17, 15) is 9.59 Å². The Kier molecular flexibility index (Phi) is 7.50. The van der Waals surface area contributed by atoms with Crippen molar-refractivity contribution >= 4 is 17.8 Å². The van der Waals surface area contributed by atoms with Crippen LogP contribution in [0.5, 0.6) is 0 Å². The van der Waals surface area contributed by atoms with Gasteiger partial charge in [0.2, 0.25) is 0 Å². The van der Waals surface area contributed by atoms with Crippen LogP contribution in [-0.2, 0) is 16.1 Å². The number of primary amides is 1. The van der Waals surface area contributed by atoms with E-state index >= 15 is 0 Å². The molecule has 1 aliphatic rings. The molecule has 1 amide bonds. The summed E-state index contributed by atoms with van der Waals surface area (Å²) >= 11 is 0. The number of rotatable bonds is 7. The fourth-order valence-electron chi connectivity index (χ4n) is 3.00. The number of carbonyl (C=O) groups excluding carboxylic acids is 2. The maximum atomic E-state index is 11.8. The molecule has 8 nitrogen and oxygen atoms in total. The van der Waals surface area contributed by atoms with Crippen LogP contribution < -0.4 is 16.4 Å². The van der Waals surface area contributed by atoms with E-state index in [2.05, 4.69) is 15.6 Å². The third-order valence-electron chi connectivity index (χ3n) is 4.33. The van der Waals surface area contributed by atoms with Crippen molar-refractivity contribution in [2.24, 2.45) is 16.6 Å². The molecular weight excluding hydrogens is 336 g/mol. The van der Waals surface area contributed by atoms with Gasteiger partial charge in [0, 0.05) is 12.6 Å². The van der Waals surface area contributed by atoms with Crippen molar-refractivity contribution in [3.8, 4) is 0 Å². The second-order valence-corrected chi connectivity index (χ2v) is 6.27. The summed E-state index contributed by atoms with van der Waals surface area (Å²) in [6, 6.07) is 3.50. The lowest BCUT2D eigenvalue weighted by molar-refractivity contribution is -0.149. The van der Waals surface area contributed by atoms with Gasteiger partial charge in [-0.15, -0.1) is 0 Å². The summed E-state index contributed by atoms with van der Waals surface area (Å²) in [5.41, 5.74) is 5.18. The molecule has 0 bridgehead atoms. The van der Waals surface area contributed by atoms with Gasteiger partial charge >= 0.3 is 5.97 Å². The van der Waals surface area contributed by atoms with Gasteiger partial charge in [-0.25, -0.2) is 4.99 Å². The van der Waals surface area contributed by atoms with E-state index < -0.39 is 5.91 Å². The van der Waals surface area contributed by atoms with E-state index in [1.807, 2.05) is 13.8 Å². The number of amides is 1. The number of carbonyl (C=O) groups is 2. The molecule has 2 rings (SSSR count). The van der Waals surface area contributed by atoms with Crippen LogP contribution in [0.1, 0.15) is 55.8 Å². The normalized spacial score (nSPS) is 20.5. The van der Waals surface area contributed by atoms with Gasteiger partial charge in [-0.1, -0.05) is 0 Å². The molecule has 8 heteroatoms. The van der Waals surface area contributed by atoms with Crippen molar-refractivity contribution in [3.05, 3.63) is 23.7 Å². The summed E-state index contributed by atoms with van der Waals surface area (Å²) in [4.78, 5) is 27.4. The van der Waals surface area contributed by atoms with Gasteiger partial charge in [0.05, 0.1) is 12.5 Å². The molecule has 1 aromatic rings. The first kappa shape index (κ1) is 19.8. The van der Waals surface area contributed by atoms with Crippen molar-refractivity contribution in [2.75, 3.05) is 13.2 Å². The number of hydrogen-bond acceptors (Lipinski definition) is 5. The molecule has 0 aliphatic heterocycles. The van der Waals surface area contributed by atoms with Crippen molar-refractivity contribution in [1.29, 1.82) is 0 Å². The Morgan fingerprint density at radius 1 is 1.27 bits per heavy atom. The number of hydrogen-bond donors (Lipinski definition) is 3. The van der Waals surface area contributed by atoms with E-state index in [4.69, 9.17) is 14.9 Å². The van der Waals surface area contributed by atoms with Gasteiger partial charge in [-0.3, -0.25) is 9.59 Å². The number of nitrogens with two attached hydrogens (primary N) is 1. The van der Waals surface area contributed by atoms with Gasteiger partial charge in [0.25, 0.3) is 5.91 Å². The fourth-order valence-corrected chi connectivity index (χ4v) is 3.00. The zero-order valence-electron chi connectivity index (χ0n) is 15.4. The average Bonchev–Trinajstić information content (AvgIpc) is 3.10. The number of guanidine groups is 1. The summed E-state index contributed by atoms with van der Waals surface area (Å²) < 4.78 is 10.4. The minimum atomic E-state index is -0.594. The lowest BCUT2D eigenvalue weighted by atomic mass is 9.86. The standard InChI is InChI=1S/C18H28N4O4/c1-3-20-18(21-11-14-9-10-15(26-14)16(19)23)22-13-7-5-12(6-8-13)17(24)25-4-2/h9-10,12-13H,3-8,11H2,1-2H3,(H2,19,23)(H2,20,21,22). The van der Waals surface area contributed by atoms with Crippen molar-refractivity contribution in [3.63, 3.8) is 0 Å². The monoisotopic (exact) mass is 364 g/mol. The SMILES string of the molecule is CCNC(=NCc1ccc(C(N)=O)o1)NC1CCC(C(=O)OCC)CC1. The second-order valence-electron chi connectivity index (χ2n) is 6.27. The highest BCUT2D eigenvalue weighted by Crippen LogP contribution is 2.25. The van der Waals surface area contributed by atoms with Crippen LogP contribution in [-0.4, -0.2) is 37.0 Å². The first-order valence-corrected chi connectivity index (χ1v) is 9.13. The van der Waals surface area contributed by atoms with E-state index in [0.29, 0.717) is 24.9 Å². The van der Waals surface area contributed by atoms with Crippen molar-refractivity contribution in [1.82, 2.24) is 10.6 Å². The van der Waals surface area contributed by atoms with E-state index in [0.717, 1.165) is 32.2 Å². The molecule has 1 aromatic heterocycles. The number of aliphatic imine (C=N–C) groups is 1. The molecule has 4 N–H and O–H groups in total. The second kappa shape index (κ2) is 9.84. The molecule has 144 valence electrons. The maximum Gasteiger partial charge on any atom is 0.308 e. The summed E-state index contributed by atoms with van der Waals surface area (Å²) in [7, 11) is 0. The van der Waals surface area contributed by atoms with Crippen molar-refractivity contribution < 1.29 is 18.7 Å². The summed E-state index contributed by atoms with van der Waals surface area (Å²) in [6.45, 7) is 5.29. The number of ether oxygens (including phenoxy) is 1. The molecule has 1 aliphatic carbocycles. The average molecular weight is 364 g/mol. The molecule has 0 spiro atoms. The topological polar surface area (TPSA) is 119 Å². The molecule has 0 atom stereocenters. The largest absolute Gasteiger partial charge is 0.466 e. The predicted molar refractivity (Wildman–Crippen MR) is 97.6 cm³/mol. The zero-order chi connectivity index (χ0) is 18.9. The molecule has 0 aromatic carbocycles. The highest BCUT2D eigenvalue weighted by molar-refractivity contribution is 5.89. The number of nitrogens with zero attached hydrogens (tertiary/aromatic N) is 1. The Labute approximate surface area is 153 Å². The first-order chi connectivity index (χ1) is 12.5. The molecular formula is C18H28N4O4. The minimum absolute atomic E-state index is 0.00265. The highest BCUT2D eigenvalue weighted by Gasteiger charge is 2.27. The van der Waals surface area contributed by atoms with Gasteiger partial charge < -0.3 is 25.5 Å². The Hall–Kier alpha value is -2.51. The molecule has 1 saturated carbocycles. The first-order valence-electron chi connectivity index (χ1n) is 9.13. The summed E-state index contributed by atoms with van der Waals surface area (Å²) in [6.07, 6.45) is 3.41. The van der Waals surface area contributed by atoms with Gasteiger partial charge in [0.1, 0.15) is 12.3 Å². The van der Waals surface area contributed by atoms with Crippen LogP contribution in [0.25, 0.3) is 0 Å². The lowest BCUT2D eigenvalue weighted by Crippen LogP contribution is -2.45. The number of furan rings is 1. The third kappa shape index (κ3) is 5.79. The van der Waals surface area contributed by atoms with Crippen LogP contribution >= 0.6 is 0 Å². The molecule has 1 fully saturated rings. The number of nitrogens with one attached hydrogen (secondary N) is 2. The van der Waals surface area contributed by atoms with Gasteiger partial charge in [-0.2, -0.15) is 0 Å². The van der Waals surface area contributed by atoms with E-state index in [1.165, 1.54) is 0 Å². The zero-order valence-corrected chi connectivity index (χ0v) is 15.4. The lowest BCUT2D eigenvalue weighted by Gasteiger charge is -2.29. The van der Waals surface area contributed by atoms with Gasteiger partial charge in [-0.05, 0) is 51.7 Å². The van der Waals surface area contributed by atoms with E-state index in [1.54, 1.807) is 12.1 Å². The van der Waals surface area contributed by atoms with Crippen LogP contribution in [0, 0.1) is 5.92 Å². The Balaban J connectivity index is 1.87. The van der Waals surface area contributed by atoms with E-state index in [-0.39, 0.29) is 23.7 Å². The van der Waals surface area contributed by atoms with Crippen molar-refractivity contribution in [2.45, 2.75) is 52.1 Å². The maximum absolute atomic E-state index is 11.8. The van der Waals surface area contributed by atoms with Crippen LogP contribution in [0.15, 0.2) is 21.5 Å². The Morgan fingerprint density at radius 2 is 2.00 bits per heavy atom. The van der Waals surface area contributed by atoms with Gasteiger partial charge in [0.15, 0.2) is 11.7 Å². The third-order valence-corrected chi connectivity index (χ3v) is 4.33. The molecule has 1 heterocycles. The van der Waals surface area contributed by atoms with Crippen LogP contribution in [0.4, 0.5) is 0 Å². The number of esters is 1. The summed E-state index contributed by atoms with van der Waals surface area (Å²) in [5, 5.41) is 6.60. The highest BCUT2D eigenvalue weighted by atomic mass is 16.5. The molecule has 0 unspecified atom stereocenters. The van der Waals surface area contributed by atoms with Crippen LogP contribution in [0.2, 0.25) is 0 Å². The van der Waals surface area contributed by atoms with Crippen LogP contribution in [0.3, 0.4) is 0 Å². The Morgan fingerprint density at radius 3 is 2.58 bits per heavy atom. The predicted octanol–water partition coefficient (Wildman–Crippen LogP) is 1.56. The fraction of sp³-hybridized carbons (Fsp3) is 0.611.